The predicted octanol–water partition coefficient (Wildman–Crippen LogP) is 1.96. The van der Waals surface area contributed by atoms with Crippen molar-refractivity contribution in [1.82, 2.24) is 10.2 Å². The van der Waals surface area contributed by atoms with Gasteiger partial charge < -0.3 is 15.4 Å². The van der Waals surface area contributed by atoms with Crippen molar-refractivity contribution >= 4 is 11.6 Å². The molecule has 0 aromatic heterocycles. The van der Waals surface area contributed by atoms with Gasteiger partial charge in [0.1, 0.15) is 0 Å². The van der Waals surface area contributed by atoms with Crippen LogP contribution in [0.2, 0.25) is 0 Å². The summed E-state index contributed by atoms with van der Waals surface area (Å²) in [6.07, 6.45) is -4.29. The Morgan fingerprint density at radius 2 is 1.88 bits per heavy atom. The van der Waals surface area contributed by atoms with E-state index in [1.807, 2.05) is 0 Å². The van der Waals surface area contributed by atoms with Crippen LogP contribution in [0.1, 0.15) is 12.0 Å². The van der Waals surface area contributed by atoms with Crippen LogP contribution in [-0.4, -0.2) is 56.7 Å². The molecule has 1 aromatic rings. The van der Waals surface area contributed by atoms with E-state index in [-0.39, 0.29) is 24.6 Å². The average Bonchev–Trinajstić information content (AvgIpc) is 2.55. The maximum absolute atomic E-state index is 12.8. The van der Waals surface area contributed by atoms with Crippen LogP contribution in [-0.2, 0) is 15.7 Å². The van der Waals surface area contributed by atoms with Gasteiger partial charge in [-0.3, -0.25) is 9.69 Å². The highest BCUT2D eigenvalue weighted by Crippen LogP contribution is 2.34. The van der Waals surface area contributed by atoms with Gasteiger partial charge in [0.25, 0.3) is 0 Å². The van der Waals surface area contributed by atoms with Gasteiger partial charge in [0, 0.05) is 44.8 Å². The summed E-state index contributed by atoms with van der Waals surface area (Å²) < 4.78 is 43.8. The molecule has 2 N–H and O–H groups in total. The Morgan fingerprint density at radius 3 is 2.58 bits per heavy atom. The first-order valence-corrected chi connectivity index (χ1v) is 7.94. The van der Waals surface area contributed by atoms with E-state index in [1.165, 1.54) is 18.2 Å². The van der Waals surface area contributed by atoms with E-state index in [0.29, 0.717) is 19.8 Å². The molecule has 8 heteroatoms. The molecule has 0 aliphatic carbocycles. The van der Waals surface area contributed by atoms with Crippen LogP contribution in [0.15, 0.2) is 24.3 Å². The van der Waals surface area contributed by atoms with Gasteiger partial charge in [-0.1, -0.05) is 12.1 Å². The summed E-state index contributed by atoms with van der Waals surface area (Å²) in [4.78, 5) is 13.9. The summed E-state index contributed by atoms with van der Waals surface area (Å²) in [6.45, 7) is 4.54. The molecule has 1 aliphatic heterocycles. The van der Waals surface area contributed by atoms with Gasteiger partial charge in [-0.25, -0.2) is 0 Å². The van der Waals surface area contributed by atoms with Crippen molar-refractivity contribution in [3.8, 4) is 0 Å². The minimum Gasteiger partial charge on any atom is -0.384 e. The van der Waals surface area contributed by atoms with E-state index in [1.54, 1.807) is 0 Å². The Balaban J connectivity index is 1.67. The third-order valence-electron chi connectivity index (χ3n) is 3.75. The van der Waals surface area contributed by atoms with Crippen molar-refractivity contribution in [2.24, 2.45) is 0 Å². The quantitative estimate of drug-likeness (QED) is 0.793. The fraction of sp³-hybridized carbons (Fsp3) is 0.562. The molecule has 0 saturated carbocycles. The highest BCUT2D eigenvalue weighted by Gasteiger charge is 2.33. The van der Waals surface area contributed by atoms with Crippen LogP contribution < -0.4 is 10.6 Å². The average molecular weight is 345 g/mol. The fourth-order valence-corrected chi connectivity index (χ4v) is 2.46. The number of carbonyl (C=O) groups excluding carboxylic acids is 1. The fourth-order valence-electron chi connectivity index (χ4n) is 2.46. The molecule has 0 unspecified atom stereocenters. The van der Waals surface area contributed by atoms with Crippen LogP contribution in [0.4, 0.5) is 18.9 Å². The van der Waals surface area contributed by atoms with Crippen molar-refractivity contribution in [2.45, 2.75) is 12.6 Å². The molecular formula is C16H22F3N3O2. The van der Waals surface area contributed by atoms with Crippen LogP contribution in [0, 0.1) is 0 Å². The first-order valence-electron chi connectivity index (χ1n) is 7.94. The number of para-hydroxylation sites is 1. The molecule has 5 nitrogen and oxygen atoms in total. The predicted molar refractivity (Wildman–Crippen MR) is 84.8 cm³/mol. The second-order valence-corrected chi connectivity index (χ2v) is 5.52. The van der Waals surface area contributed by atoms with E-state index >= 15 is 0 Å². The third kappa shape index (κ3) is 6.01. The number of benzene rings is 1. The molecule has 1 aromatic carbocycles. The second kappa shape index (κ2) is 8.89. The number of morpholine rings is 1. The van der Waals surface area contributed by atoms with Crippen LogP contribution in [0.5, 0.6) is 0 Å². The highest BCUT2D eigenvalue weighted by atomic mass is 19.4. The maximum Gasteiger partial charge on any atom is 0.418 e. The zero-order valence-corrected chi connectivity index (χ0v) is 13.4. The van der Waals surface area contributed by atoms with E-state index in [2.05, 4.69) is 15.5 Å². The Labute approximate surface area is 139 Å². The molecule has 1 heterocycles. The van der Waals surface area contributed by atoms with E-state index in [9.17, 15) is 18.0 Å². The summed E-state index contributed by atoms with van der Waals surface area (Å²) in [6, 6.07) is 5.25. The number of nitrogens with zero attached hydrogens (tertiary/aromatic N) is 1. The van der Waals surface area contributed by atoms with Crippen LogP contribution in [0.3, 0.4) is 0 Å². The number of anilines is 1. The van der Waals surface area contributed by atoms with Crippen molar-refractivity contribution in [3.63, 3.8) is 0 Å². The topological polar surface area (TPSA) is 53.6 Å². The van der Waals surface area contributed by atoms with Crippen LogP contribution >= 0.6 is 0 Å². The standard InChI is InChI=1S/C16H22F3N3O2/c17-16(18,19)13-3-1-2-4-14(13)20-6-5-15(23)21-7-8-22-9-11-24-12-10-22/h1-4,20H,5-12H2,(H,21,23). The normalized spacial score (nSPS) is 16.0. The van der Waals surface area contributed by atoms with Gasteiger partial charge in [-0.05, 0) is 12.1 Å². The second-order valence-electron chi connectivity index (χ2n) is 5.52. The molecule has 0 spiro atoms. The van der Waals surface area contributed by atoms with Crippen molar-refractivity contribution in [2.75, 3.05) is 51.3 Å². The van der Waals surface area contributed by atoms with Gasteiger partial charge in [0.05, 0.1) is 18.8 Å². The first kappa shape index (κ1) is 18.5. The smallest absolute Gasteiger partial charge is 0.384 e. The Hall–Kier alpha value is -1.80. The van der Waals surface area contributed by atoms with Crippen molar-refractivity contribution in [3.05, 3.63) is 29.8 Å². The number of ether oxygens (including phenoxy) is 1. The van der Waals surface area contributed by atoms with E-state index in [0.717, 1.165) is 25.7 Å². The monoisotopic (exact) mass is 345 g/mol. The van der Waals surface area contributed by atoms with Gasteiger partial charge in [0.2, 0.25) is 5.91 Å². The third-order valence-corrected chi connectivity index (χ3v) is 3.75. The number of hydrogen-bond donors (Lipinski definition) is 2. The van der Waals surface area contributed by atoms with Crippen LogP contribution in [0.25, 0.3) is 0 Å². The lowest BCUT2D eigenvalue weighted by Gasteiger charge is -2.26. The maximum atomic E-state index is 12.8. The van der Waals surface area contributed by atoms with Gasteiger partial charge in [-0.2, -0.15) is 13.2 Å². The molecule has 1 aliphatic rings. The summed E-state index contributed by atoms with van der Waals surface area (Å²) in [5.74, 6) is -0.180. The zero-order chi connectivity index (χ0) is 17.4. The molecule has 0 atom stereocenters. The van der Waals surface area contributed by atoms with Gasteiger partial charge in [-0.15, -0.1) is 0 Å². The minimum atomic E-state index is -4.41. The number of rotatable bonds is 7. The zero-order valence-electron chi connectivity index (χ0n) is 13.4. The number of halogens is 3. The molecule has 134 valence electrons. The van der Waals surface area contributed by atoms with E-state index in [4.69, 9.17) is 4.74 Å². The number of amides is 1. The number of nitrogens with one attached hydrogen (secondary N) is 2. The molecular weight excluding hydrogens is 323 g/mol. The SMILES string of the molecule is O=C(CCNc1ccccc1C(F)(F)F)NCCN1CCOCC1. The Morgan fingerprint density at radius 1 is 1.17 bits per heavy atom. The van der Waals surface area contributed by atoms with Crippen molar-refractivity contribution in [1.29, 1.82) is 0 Å². The number of hydrogen-bond acceptors (Lipinski definition) is 4. The Bertz CT molecular complexity index is 532. The lowest BCUT2D eigenvalue weighted by atomic mass is 10.1. The molecule has 1 fully saturated rings. The number of carbonyl (C=O) groups is 1. The Kier molecular flexibility index (Phi) is 6.86. The first-order chi connectivity index (χ1) is 11.5. The largest absolute Gasteiger partial charge is 0.418 e. The van der Waals surface area contributed by atoms with Gasteiger partial charge >= 0.3 is 6.18 Å². The summed E-state index contributed by atoms with van der Waals surface area (Å²) in [7, 11) is 0. The molecule has 24 heavy (non-hydrogen) atoms. The summed E-state index contributed by atoms with van der Waals surface area (Å²) in [5, 5.41) is 5.46. The highest BCUT2D eigenvalue weighted by molar-refractivity contribution is 5.76. The summed E-state index contributed by atoms with van der Waals surface area (Å²) >= 11 is 0. The molecule has 0 bridgehead atoms. The van der Waals surface area contributed by atoms with Gasteiger partial charge in [0.15, 0.2) is 0 Å². The summed E-state index contributed by atoms with van der Waals surface area (Å²) in [5.41, 5.74) is -0.733. The molecule has 2 rings (SSSR count). The molecule has 0 radical (unpaired) electrons. The molecule has 1 saturated heterocycles. The lowest BCUT2D eigenvalue weighted by molar-refractivity contribution is -0.137. The number of alkyl halides is 3. The molecule has 1 amide bonds. The minimum absolute atomic E-state index is 0.00823. The van der Waals surface area contributed by atoms with Crippen molar-refractivity contribution < 1.29 is 22.7 Å². The van der Waals surface area contributed by atoms with E-state index < -0.39 is 11.7 Å². The lowest BCUT2D eigenvalue weighted by Crippen LogP contribution is -2.41.